The average molecular weight is 293 g/mol. The zero-order chi connectivity index (χ0) is 12.3. The summed E-state index contributed by atoms with van der Waals surface area (Å²) in [6, 6.07) is 4.08. The zero-order valence-corrected chi connectivity index (χ0v) is 12.0. The van der Waals surface area contributed by atoms with E-state index in [0.29, 0.717) is 16.5 Å². The van der Waals surface area contributed by atoms with Crippen molar-refractivity contribution in [2.45, 2.75) is 6.04 Å². The van der Waals surface area contributed by atoms with E-state index in [-0.39, 0.29) is 18.4 Å². The van der Waals surface area contributed by atoms with Crippen LogP contribution in [0.4, 0.5) is 0 Å². The topological polar surface area (TPSA) is 42.5 Å². The van der Waals surface area contributed by atoms with Gasteiger partial charge in [0.1, 0.15) is 0 Å². The molecule has 0 unspecified atom stereocenters. The lowest BCUT2D eigenvalue weighted by Crippen LogP contribution is -2.42. The Morgan fingerprint density at radius 2 is 2.00 bits per heavy atom. The fourth-order valence-electron chi connectivity index (χ4n) is 2.05. The van der Waals surface area contributed by atoms with Crippen molar-refractivity contribution in [3.8, 4) is 11.5 Å². The highest BCUT2D eigenvalue weighted by Crippen LogP contribution is 2.39. The van der Waals surface area contributed by atoms with Crippen LogP contribution in [0.15, 0.2) is 12.1 Å². The lowest BCUT2D eigenvalue weighted by molar-refractivity contribution is 0.353. The number of benzene rings is 1. The summed E-state index contributed by atoms with van der Waals surface area (Å²) in [5.74, 6) is 1.25. The van der Waals surface area contributed by atoms with Crippen LogP contribution in [-0.4, -0.2) is 33.9 Å². The van der Waals surface area contributed by atoms with Crippen LogP contribution in [0.5, 0.6) is 11.5 Å². The predicted molar refractivity (Wildman–Crippen MR) is 75.4 cm³/mol. The van der Waals surface area contributed by atoms with Crippen molar-refractivity contribution in [1.29, 1.82) is 0 Å². The molecule has 0 radical (unpaired) electrons. The standard InChI is InChI=1S/C12H17ClN2O2.ClH/c1-16-10-4-3-8(11(13)12(10)17-2)9-7-14-5-6-15-9;/h3-4,9,14-15H,5-7H2,1-2H3;1H/t9-;/m1./s1. The third-order valence-electron chi connectivity index (χ3n) is 2.93. The number of halogens is 2. The highest BCUT2D eigenvalue weighted by Gasteiger charge is 2.21. The molecule has 0 amide bonds. The van der Waals surface area contributed by atoms with Crippen LogP contribution in [0.2, 0.25) is 5.02 Å². The highest BCUT2D eigenvalue weighted by atomic mass is 35.5. The normalized spacial score (nSPS) is 18.9. The Morgan fingerprint density at radius 1 is 1.22 bits per heavy atom. The van der Waals surface area contributed by atoms with Gasteiger partial charge < -0.3 is 20.1 Å². The molecule has 0 aliphatic carbocycles. The second kappa shape index (κ2) is 7.04. The van der Waals surface area contributed by atoms with E-state index >= 15 is 0 Å². The Kier molecular flexibility index (Phi) is 6.02. The molecule has 0 spiro atoms. The summed E-state index contributed by atoms with van der Waals surface area (Å²) < 4.78 is 10.5. The Labute approximate surface area is 118 Å². The largest absolute Gasteiger partial charge is 0.493 e. The van der Waals surface area contributed by atoms with Crippen LogP contribution < -0.4 is 20.1 Å². The summed E-state index contributed by atoms with van der Waals surface area (Å²) in [4.78, 5) is 0. The number of methoxy groups -OCH3 is 2. The molecule has 2 rings (SSSR count). The first-order valence-electron chi connectivity index (χ1n) is 5.62. The second-order valence-corrected chi connectivity index (χ2v) is 4.29. The Hall–Kier alpha value is -0.680. The summed E-state index contributed by atoms with van der Waals surface area (Å²) in [6.07, 6.45) is 0. The van der Waals surface area contributed by atoms with Gasteiger partial charge in [-0.25, -0.2) is 0 Å². The minimum absolute atomic E-state index is 0. The van der Waals surface area contributed by atoms with Crippen molar-refractivity contribution >= 4 is 24.0 Å². The molecule has 102 valence electrons. The predicted octanol–water partition coefficient (Wildman–Crippen LogP) is 2.01. The van der Waals surface area contributed by atoms with E-state index in [9.17, 15) is 0 Å². The van der Waals surface area contributed by atoms with E-state index in [1.807, 2.05) is 12.1 Å². The van der Waals surface area contributed by atoms with Crippen molar-refractivity contribution in [3.05, 3.63) is 22.7 Å². The molecule has 1 fully saturated rings. The van der Waals surface area contributed by atoms with Crippen molar-refractivity contribution in [3.63, 3.8) is 0 Å². The van der Waals surface area contributed by atoms with Gasteiger partial charge in [-0.2, -0.15) is 0 Å². The summed E-state index contributed by atoms with van der Waals surface area (Å²) in [7, 11) is 3.20. The summed E-state index contributed by atoms with van der Waals surface area (Å²) in [5.41, 5.74) is 1.04. The molecule has 1 aliphatic heterocycles. The van der Waals surface area contributed by atoms with E-state index < -0.39 is 0 Å². The zero-order valence-electron chi connectivity index (χ0n) is 10.5. The first-order valence-corrected chi connectivity index (χ1v) is 6.00. The number of rotatable bonds is 3. The van der Waals surface area contributed by atoms with Crippen LogP contribution in [-0.2, 0) is 0 Å². The third kappa shape index (κ3) is 3.01. The third-order valence-corrected chi connectivity index (χ3v) is 3.32. The van der Waals surface area contributed by atoms with Gasteiger partial charge in [-0.05, 0) is 11.6 Å². The molecule has 1 aromatic carbocycles. The Bertz CT molecular complexity index is 396. The van der Waals surface area contributed by atoms with Gasteiger partial charge in [0.05, 0.1) is 19.2 Å². The van der Waals surface area contributed by atoms with Crippen LogP contribution in [0.25, 0.3) is 0 Å². The minimum Gasteiger partial charge on any atom is -0.493 e. The fraction of sp³-hybridized carbons (Fsp3) is 0.500. The van der Waals surface area contributed by atoms with Gasteiger partial charge in [-0.3, -0.25) is 0 Å². The van der Waals surface area contributed by atoms with Gasteiger partial charge in [0.25, 0.3) is 0 Å². The van der Waals surface area contributed by atoms with E-state index in [2.05, 4.69) is 10.6 Å². The van der Waals surface area contributed by atoms with Gasteiger partial charge in [-0.1, -0.05) is 17.7 Å². The van der Waals surface area contributed by atoms with Crippen LogP contribution in [0.1, 0.15) is 11.6 Å². The van der Waals surface area contributed by atoms with Gasteiger partial charge in [-0.15, -0.1) is 12.4 Å². The van der Waals surface area contributed by atoms with E-state index in [1.165, 1.54) is 0 Å². The molecule has 2 N–H and O–H groups in total. The first-order chi connectivity index (χ1) is 8.27. The molecular weight excluding hydrogens is 275 g/mol. The van der Waals surface area contributed by atoms with Gasteiger partial charge in [0, 0.05) is 25.7 Å². The maximum Gasteiger partial charge on any atom is 0.179 e. The lowest BCUT2D eigenvalue weighted by atomic mass is 10.0. The molecule has 0 saturated carbocycles. The number of ether oxygens (including phenoxy) is 2. The van der Waals surface area contributed by atoms with Crippen molar-refractivity contribution in [2.24, 2.45) is 0 Å². The number of nitrogens with one attached hydrogen (secondary N) is 2. The smallest absolute Gasteiger partial charge is 0.179 e. The summed E-state index contributed by atoms with van der Waals surface area (Å²) in [6.45, 7) is 2.80. The monoisotopic (exact) mass is 292 g/mol. The Morgan fingerprint density at radius 3 is 2.56 bits per heavy atom. The molecule has 1 aliphatic rings. The van der Waals surface area contributed by atoms with Crippen molar-refractivity contribution in [2.75, 3.05) is 33.9 Å². The number of piperazine rings is 1. The van der Waals surface area contributed by atoms with Gasteiger partial charge in [0.15, 0.2) is 11.5 Å². The van der Waals surface area contributed by atoms with Crippen molar-refractivity contribution in [1.82, 2.24) is 10.6 Å². The summed E-state index contributed by atoms with van der Waals surface area (Å²) in [5, 5.41) is 7.37. The quantitative estimate of drug-likeness (QED) is 0.894. The van der Waals surface area contributed by atoms with E-state index in [4.69, 9.17) is 21.1 Å². The minimum atomic E-state index is 0. The van der Waals surface area contributed by atoms with Gasteiger partial charge in [0.2, 0.25) is 0 Å². The highest BCUT2D eigenvalue weighted by molar-refractivity contribution is 6.33. The van der Waals surface area contributed by atoms with Crippen molar-refractivity contribution < 1.29 is 9.47 Å². The molecule has 18 heavy (non-hydrogen) atoms. The van der Waals surface area contributed by atoms with Crippen LogP contribution in [0.3, 0.4) is 0 Å². The molecule has 1 saturated heterocycles. The van der Waals surface area contributed by atoms with E-state index in [1.54, 1.807) is 14.2 Å². The fourth-order valence-corrected chi connectivity index (χ4v) is 2.41. The SMILES string of the molecule is COc1ccc([C@H]2CNCCN2)c(Cl)c1OC.Cl. The van der Waals surface area contributed by atoms with Crippen LogP contribution >= 0.6 is 24.0 Å². The van der Waals surface area contributed by atoms with Crippen LogP contribution in [0, 0.1) is 0 Å². The molecule has 0 aromatic heterocycles. The molecular formula is C12H18Cl2N2O2. The number of hydrogen-bond donors (Lipinski definition) is 2. The molecule has 1 aromatic rings. The summed E-state index contributed by atoms with van der Waals surface area (Å²) >= 11 is 6.35. The lowest BCUT2D eigenvalue weighted by Gasteiger charge is -2.26. The molecule has 1 atom stereocenters. The maximum atomic E-state index is 6.35. The second-order valence-electron chi connectivity index (χ2n) is 3.92. The molecule has 1 heterocycles. The molecule has 4 nitrogen and oxygen atoms in total. The molecule has 6 heteroatoms. The van der Waals surface area contributed by atoms with Gasteiger partial charge >= 0.3 is 0 Å². The Balaban J connectivity index is 0.00000162. The first kappa shape index (κ1) is 15.4. The number of hydrogen-bond acceptors (Lipinski definition) is 4. The average Bonchev–Trinajstić information content (AvgIpc) is 2.39. The van der Waals surface area contributed by atoms with E-state index in [0.717, 1.165) is 25.2 Å². The molecule has 0 bridgehead atoms. The maximum absolute atomic E-state index is 6.35.